The molecule has 0 saturated heterocycles. The summed E-state index contributed by atoms with van der Waals surface area (Å²) in [5.41, 5.74) is 4.07. The first-order valence-electron chi connectivity index (χ1n) is 4.71. The van der Waals surface area contributed by atoms with E-state index in [1.54, 1.807) is 6.07 Å². The van der Waals surface area contributed by atoms with Crippen molar-refractivity contribution in [3.8, 4) is 0 Å². The highest BCUT2D eigenvalue weighted by molar-refractivity contribution is 5.34. The normalized spacial score (nSPS) is 29.5. The van der Waals surface area contributed by atoms with Crippen LogP contribution in [0.3, 0.4) is 0 Å². The van der Waals surface area contributed by atoms with Gasteiger partial charge in [0.2, 0.25) is 6.43 Å². The Kier molecular flexibility index (Phi) is 2.06. The van der Waals surface area contributed by atoms with E-state index in [0.29, 0.717) is 6.42 Å². The molecule has 0 aliphatic heterocycles. The lowest BCUT2D eigenvalue weighted by atomic mass is 10.1. The summed E-state index contributed by atoms with van der Waals surface area (Å²) in [5, 5.41) is 0. The van der Waals surface area contributed by atoms with Crippen LogP contribution < -0.4 is 11.3 Å². The third kappa shape index (κ3) is 1.42. The van der Waals surface area contributed by atoms with Crippen LogP contribution in [0.25, 0.3) is 0 Å². The van der Waals surface area contributed by atoms with Crippen LogP contribution >= 0.6 is 0 Å². The fraction of sp³-hybridized carbons (Fsp3) is 0.500. The van der Waals surface area contributed by atoms with E-state index in [0.717, 1.165) is 0 Å². The van der Waals surface area contributed by atoms with Crippen LogP contribution in [0.2, 0.25) is 0 Å². The van der Waals surface area contributed by atoms with Crippen molar-refractivity contribution in [3.05, 3.63) is 28.7 Å². The summed E-state index contributed by atoms with van der Waals surface area (Å²) in [5.74, 6) is 0. The van der Waals surface area contributed by atoms with Gasteiger partial charge in [-0.05, 0) is 18.6 Å². The molecule has 1 aliphatic rings. The second-order valence-corrected chi connectivity index (χ2v) is 4.20. The van der Waals surface area contributed by atoms with Crippen molar-refractivity contribution < 1.29 is 8.78 Å². The molecular weight excluding hydrogens is 202 g/mol. The maximum atomic E-state index is 12.6. The minimum atomic E-state index is -2.41. The first kappa shape index (κ1) is 10.1. The van der Waals surface area contributed by atoms with Crippen molar-refractivity contribution in [3.63, 3.8) is 0 Å². The molecule has 0 aromatic carbocycles. The molecule has 0 amide bonds. The van der Waals surface area contributed by atoms with Gasteiger partial charge in [-0.25, -0.2) is 8.78 Å². The molecule has 0 bridgehead atoms. The molecular formula is C10H12F2N2O. The smallest absolute Gasteiger partial charge is 0.273 e. The summed E-state index contributed by atoms with van der Waals surface area (Å²) >= 11 is 0. The molecule has 1 saturated carbocycles. The SMILES string of the molecule is CC1(C(F)F)CC1n1cccc(N)c1=O. The number of nitrogen functional groups attached to an aromatic ring is 1. The van der Waals surface area contributed by atoms with Crippen LogP contribution in [0.4, 0.5) is 14.5 Å². The number of halogens is 2. The number of hydrogen-bond donors (Lipinski definition) is 1. The molecule has 5 heteroatoms. The third-order valence-corrected chi connectivity index (χ3v) is 3.07. The molecule has 1 aliphatic carbocycles. The van der Waals surface area contributed by atoms with Gasteiger partial charge in [0.05, 0.1) is 11.1 Å². The van der Waals surface area contributed by atoms with Crippen molar-refractivity contribution in [1.82, 2.24) is 4.57 Å². The minimum Gasteiger partial charge on any atom is -0.394 e. The number of rotatable bonds is 2. The standard InChI is InChI=1S/C10H12F2N2O/c1-10(9(11)12)5-7(10)14-4-2-3-6(13)8(14)15/h2-4,7,9H,5,13H2,1H3. The van der Waals surface area contributed by atoms with Gasteiger partial charge in [0, 0.05) is 12.2 Å². The van der Waals surface area contributed by atoms with Crippen molar-refractivity contribution in [2.75, 3.05) is 5.73 Å². The maximum Gasteiger partial charge on any atom is 0.273 e. The van der Waals surface area contributed by atoms with E-state index in [4.69, 9.17) is 5.73 Å². The Morgan fingerprint density at radius 2 is 2.33 bits per heavy atom. The van der Waals surface area contributed by atoms with Gasteiger partial charge in [0.15, 0.2) is 0 Å². The number of alkyl halides is 2. The molecule has 15 heavy (non-hydrogen) atoms. The minimum absolute atomic E-state index is 0.0982. The highest BCUT2D eigenvalue weighted by Crippen LogP contribution is 2.59. The number of aromatic nitrogens is 1. The van der Waals surface area contributed by atoms with Crippen LogP contribution in [0, 0.1) is 5.41 Å². The van der Waals surface area contributed by atoms with Crippen molar-refractivity contribution >= 4 is 5.69 Å². The van der Waals surface area contributed by atoms with Gasteiger partial charge >= 0.3 is 0 Å². The zero-order valence-corrected chi connectivity index (χ0v) is 8.28. The second-order valence-electron chi connectivity index (χ2n) is 4.20. The highest BCUT2D eigenvalue weighted by atomic mass is 19.3. The van der Waals surface area contributed by atoms with Crippen LogP contribution in [-0.2, 0) is 0 Å². The van der Waals surface area contributed by atoms with E-state index in [1.165, 1.54) is 23.8 Å². The van der Waals surface area contributed by atoms with Gasteiger partial charge in [-0.2, -0.15) is 0 Å². The van der Waals surface area contributed by atoms with Gasteiger partial charge < -0.3 is 10.3 Å². The molecule has 82 valence electrons. The Hall–Kier alpha value is -1.39. The number of hydrogen-bond acceptors (Lipinski definition) is 2. The van der Waals surface area contributed by atoms with Gasteiger partial charge in [0.1, 0.15) is 0 Å². The fourth-order valence-electron chi connectivity index (χ4n) is 1.78. The second kappa shape index (κ2) is 3.05. The molecule has 1 aromatic heterocycles. The predicted octanol–water partition coefficient (Wildman–Crippen LogP) is 1.65. The maximum absolute atomic E-state index is 12.6. The average Bonchev–Trinajstić information content (AvgIpc) is 2.84. The molecule has 3 nitrogen and oxygen atoms in total. The molecule has 2 atom stereocenters. The molecule has 0 radical (unpaired) electrons. The van der Waals surface area contributed by atoms with Crippen molar-refractivity contribution in [2.24, 2.45) is 5.41 Å². The van der Waals surface area contributed by atoms with E-state index < -0.39 is 17.9 Å². The third-order valence-electron chi connectivity index (χ3n) is 3.07. The quantitative estimate of drug-likeness (QED) is 0.813. The zero-order valence-electron chi connectivity index (χ0n) is 8.28. The average molecular weight is 214 g/mol. The number of nitrogens with two attached hydrogens (primary N) is 1. The van der Waals surface area contributed by atoms with E-state index >= 15 is 0 Å². The van der Waals surface area contributed by atoms with E-state index in [2.05, 4.69) is 0 Å². The van der Waals surface area contributed by atoms with Gasteiger partial charge in [-0.1, -0.05) is 6.92 Å². The van der Waals surface area contributed by atoms with Crippen molar-refractivity contribution in [1.29, 1.82) is 0 Å². The lowest BCUT2D eigenvalue weighted by Gasteiger charge is -2.11. The Balaban J connectivity index is 2.35. The summed E-state index contributed by atoms with van der Waals surface area (Å²) in [6.45, 7) is 1.48. The zero-order chi connectivity index (χ0) is 11.2. The molecule has 1 heterocycles. The Morgan fingerprint density at radius 1 is 1.67 bits per heavy atom. The van der Waals surface area contributed by atoms with Crippen LogP contribution in [0.15, 0.2) is 23.1 Å². The van der Waals surface area contributed by atoms with E-state index in [1.807, 2.05) is 0 Å². The Bertz CT molecular complexity index is 443. The molecule has 1 aromatic rings. The predicted molar refractivity (Wildman–Crippen MR) is 52.9 cm³/mol. The number of pyridine rings is 1. The lowest BCUT2D eigenvalue weighted by Crippen LogP contribution is -2.24. The monoisotopic (exact) mass is 214 g/mol. The molecule has 2 unspecified atom stereocenters. The van der Waals surface area contributed by atoms with E-state index in [9.17, 15) is 13.6 Å². The van der Waals surface area contributed by atoms with Crippen LogP contribution in [0.1, 0.15) is 19.4 Å². The largest absolute Gasteiger partial charge is 0.394 e. The highest BCUT2D eigenvalue weighted by Gasteiger charge is 2.58. The lowest BCUT2D eigenvalue weighted by molar-refractivity contribution is 0.0631. The first-order chi connectivity index (χ1) is 6.97. The Labute approximate surface area is 85.5 Å². The molecule has 2 rings (SSSR count). The molecule has 0 spiro atoms. The van der Waals surface area contributed by atoms with E-state index in [-0.39, 0.29) is 11.2 Å². The fourth-order valence-corrected chi connectivity index (χ4v) is 1.78. The summed E-state index contributed by atoms with van der Waals surface area (Å²) in [4.78, 5) is 11.6. The summed E-state index contributed by atoms with van der Waals surface area (Å²) in [6.07, 6.45) is -0.568. The van der Waals surface area contributed by atoms with Crippen LogP contribution in [-0.4, -0.2) is 11.0 Å². The summed E-state index contributed by atoms with van der Waals surface area (Å²) in [7, 11) is 0. The summed E-state index contributed by atoms with van der Waals surface area (Å²) in [6, 6.07) is 2.65. The molecule has 1 fully saturated rings. The van der Waals surface area contributed by atoms with Crippen LogP contribution in [0.5, 0.6) is 0 Å². The summed E-state index contributed by atoms with van der Waals surface area (Å²) < 4.78 is 26.6. The first-order valence-corrected chi connectivity index (χ1v) is 4.71. The van der Waals surface area contributed by atoms with Gasteiger partial charge in [0.25, 0.3) is 5.56 Å². The number of anilines is 1. The van der Waals surface area contributed by atoms with Crippen molar-refractivity contribution in [2.45, 2.75) is 25.8 Å². The molecule has 2 N–H and O–H groups in total. The topological polar surface area (TPSA) is 48.0 Å². The Morgan fingerprint density at radius 3 is 2.87 bits per heavy atom. The van der Waals surface area contributed by atoms with Gasteiger partial charge in [-0.3, -0.25) is 4.79 Å². The number of nitrogens with zero attached hydrogens (tertiary/aromatic N) is 1. The van der Waals surface area contributed by atoms with Gasteiger partial charge in [-0.15, -0.1) is 0 Å².